The first-order valence-electron chi connectivity index (χ1n) is 7.63. The van der Waals surface area contributed by atoms with Gasteiger partial charge >= 0.3 is 0 Å². The number of nitrogens with one attached hydrogen (secondary N) is 2. The molecule has 4 nitrogen and oxygen atoms in total. The first kappa shape index (κ1) is 13.9. The standard InChI is InChI=1S/C18H16FN3O/c1-10-16(11-5-7-12(19)8-6-11)14-9-20-22-18(23)13-3-2-4-15(21-10)17(13)14/h2-10,14,16,21H,1H3,(H,22,23). The summed E-state index contributed by atoms with van der Waals surface area (Å²) in [6.07, 6.45) is 1.79. The molecule has 0 aromatic heterocycles. The Labute approximate surface area is 133 Å². The lowest BCUT2D eigenvalue weighted by Gasteiger charge is -2.38. The second-order valence-corrected chi connectivity index (χ2v) is 6.02. The molecule has 0 bridgehead atoms. The molecule has 0 fully saturated rings. The highest BCUT2D eigenvalue weighted by molar-refractivity contribution is 6.00. The van der Waals surface area contributed by atoms with E-state index >= 15 is 0 Å². The van der Waals surface area contributed by atoms with Crippen LogP contribution in [0.2, 0.25) is 0 Å². The maximum atomic E-state index is 13.3. The Morgan fingerprint density at radius 1 is 1.13 bits per heavy atom. The number of nitrogens with zero attached hydrogens (tertiary/aromatic N) is 1. The van der Waals surface area contributed by atoms with Crippen molar-refractivity contribution in [3.63, 3.8) is 0 Å². The average Bonchev–Trinajstić information content (AvgIpc) is 2.70. The maximum absolute atomic E-state index is 13.3. The minimum absolute atomic E-state index is 0.0399. The van der Waals surface area contributed by atoms with Crippen LogP contribution < -0.4 is 10.7 Å². The number of hydrogen-bond donors (Lipinski definition) is 2. The Morgan fingerprint density at radius 3 is 2.70 bits per heavy atom. The summed E-state index contributed by atoms with van der Waals surface area (Å²) in [7, 11) is 0. The molecule has 4 rings (SSSR count). The number of hydrogen-bond acceptors (Lipinski definition) is 3. The van der Waals surface area contributed by atoms with Gasteiger partial charge in [-0.25, -0.2) is 9.82 Å². The van der Waals surface area contributed by atoms with E-state index in [9.17, 15) is 9.18 Å². The Morgan fingerprint density at radius 2 is 1.91 bits per heavy atom. The minimum Gasteiger partial charge on any atom is -0.382 e. The lowest BCUT2D eigenvalue weighted by Crippen LogP contribution is -2.35. The second kappa shape index (κ2) is 5.19. The van der Waals surface area contributed by atoms with E-state index in [4.69, 9.17) is 0 Å². The lowest BCUT2D eigenvalue weighted by molar-refractivity contribution is 0.0955. The lowest BCUT2D eigenvalue weighted by atomic mass is 9.73. The molecule has 2 aromatic carbocycles. The number of carbonyl (C=O) groups excluding carboxylic acids is 1. The van der Waals surface area contributed by atoms with Gasteiger partial charge in [-0.15, -0.1) is 0 Å². The normalized spacial score (nSPS) is 25.1. The fourth-order valence-electron chi connectivity index (χ4n) is 3.66. The SMILES string of the molecule is CC1Nc2cccc3c2C(C=NNC3=O)C1c1ccc(F)cc1. The van der Waals surface area contributed by atoms with Crippen molar-refractivity contribution < 1.29 is 9.18 Å². The molecule has 0 radical (unpaired) electrons. The van der Waals surface area contributed by atoms with E-state index in [1.54, 1.807) is 18.3 Å². The molecule has 2 aliphatic heterocycles. The van der Waals surface area contributed by atoms with Crippen molar-refractivity contribution in [2.45, 2.75) is 24.8 Å². The molecule has 3 unspecified atom stereocenters. The number of anilines is 1. The van der Waals surface area contributed by atoms with E-state index in [2.05, 4.69) is 22.8 Å². The number of carbonyl (C=O) groups is 1. The van der Waals surface area contributed by atoms with Crippen LogP contribution in [-0.2, 0) is 0 Å². The molecule has 3 atom stereocenters. The Bertz CT molecular complexity index is 800. The molecular formula is C18H16FN3O. The van der Waals surface area contributed by atoms with Gasteiger partial charge in [-0.1, -0.05) is 18.2 Å². The molecule has 0 aliphatic carbocycles. The van der Waals surface area contributed by atoms with Gasteiger partial charge in [-0.2, -0.15) is 5.10 Å². The summed E-state index contributed by atoms with van der Waals surface area (Å²) in [5.74, 6) is -0.421. The zero-order valence-corrected chi connectivity index (χ0v) is 12.6. The molecule has 0 saturated carbocycles. The number of amides is 1. The summed E-state index contributed by atoms with van der Waals surface area (Å²) < 4.78 is 13.3. The van der Waals surface area contributed by atoms with Crippen LogP contribution in [0, 0.1) is 5.82 Å². The maximum Gasteiger partial charge on any atom is 0.271 e. The summed E-state index contributed by atoms with van der Waals surface area (Å²) in [6, 6.07) is 12.4. The summed E-state index contributed by atoms with van der Waals surface area (Å²) in [6.45, 7) is 2.09. The molecule has 2 N–H and O–H groups in total. The number of benzene rings is 2. The van der Waals surface area contributed by atoms with Crippen molar-refractivity contribution in [3.8, 4) is 0 Å². The Hall–Kier alpha value is -2.69. The molecular weight excluding hydrogens is 293 g/mol. The van der Waals surface area contributed by atoms with E-state index in [0.29, 0.717) is 5.56 Å². The molecule has 2 aliphatic rings. The molecule has 116 valence electrons. The minimum atomic E-state index is -0.252. The van der Waals surface area contributed by atoms with Crippen LogP contribution in [0.3, 0.4) is 0 Å². The van der Waals surface area contributed by atoms with Gasteiger partial charge in [0.1, 0.15) is 5.82 Å². The Kier molecular flexibility index (Phi) is 3.15. The van der Waals surface area contributed by atoms with Crippen LogP contribution in [0.5, 0.6) is 0 Å². The third-order valence-electron chi connectivity index (χ3n) is 4.65. The van der Waals surface area contributed by atoms with E-state index < -0.39 is 0 Å². The first-order chi connectivity index (χ1) is 11.1. The van der Waals surface area contributed by atoms with Gasteiger partial charge in [0.25, 0.3) is 5.91 Å². The molecule has 2 aromatic rings. The van der Waals surface area contributed by atoms with Crippen LogP contribution in [0.15, 0.2) is 47.6 Å². The molecule has 0 saturated heterocycles. The highest BCUT2D eigenvalue weighted by Crippen LogP contribution is 2.45. The molecule has 2 heterocycles. The fraction of sp³-hybridized carbons (Fsp3) is 0.222. The summed E-state index contributed by atoms with van der Waals surface area (Å²) in [5, 5.41) is 7.57. The van der Waals surface area contributed by atoms with Gasteiger partial charge in [0.05, 0.1) is 0 Å². The van der Waals surface area contributed by atoms with Crippen molar-refractivity contribution in [2.24, 2.45) is 5.10 Å². The summed E-state index contributed by atoms with van der Waals surface area (Å²) in [4.78, 5) is 12.2. The van der Waals surface area contributed by atoms with Crippen molar-refractivity contribution in [3.05, 3.63) is 65.0 Å². The predicted molar refractivity (Wildman–Crippen MR) is 87.4 cm³/mol. The quantitative estimate of drug-likeness (QED) is 0.849. The highest BCUT2D eigenvalue weighted by Gasteiger charge is 2.38. The van der Waals surface area contributed by atoms with Gasteiger partial charge in [-0.3, -0.25) is 4.79 Å². The van der Waals surface area contributed by atoms with Crippen LogP contribution in [-0.4, -0.2) is 18.2 Å². The summed E-state index contributed by atoms with van der Waals surface area (Å²) in [5.41, 5.74) is 6.14. The first-order valence-corrected chi connectivity index (χ1v) is 7.63. The fourth-order valence-corrected chi connectivity index (χ4v) is 3.66. The highest BCUT2D eigenvalue weighted by atomic mass is 19.1. The number of rotatable bonds is 1. The molecule has 0 spiro atoms. The van der Waals surface area contributed by atoms with Crippen molar-refractivity contribution in [2.75, 3.05) is 5.32 Å². The third-order valence-corrected chi connectivity index (χ3v) is 4.65. The number of halogens is 1. The largest absolute Gasteiger partial charge is 0.382 e. The smallest absolute Gasteiger partial charge is 0.271 e. The van der Waals surface area contributed by atoms with Gasteiger partial charge < -0.3 is 5.32 Å². The predicted octanol–water partition coefficient (Wildman–Crippen LogP) is 3.24. The van der Waals surface area contributed by atoms with Gasteiger partial charge in [0, 0.05) is 35.3 Å². The van der Waals surface area contributed by atoms with Crippen LogP contribution in [0.1, 0.15) is 40.2 Å². The summed E-state index contributed by atoms with van der Waals surface area (Å²) >= 11 is 0. The van der Waals surface area contributed by atoms with Crippen molar-refractivity contribution in [1.82, 2.24) is 5.43 Å². The average molecular weight is 309 g/mol. The van der Waals surface area contributed by atoms with Crippen LogP contribution in [0.25, 0.3) is 0 Å². The monoisotopic (exact) mass is 309 g/mol. The van der Waals surface area contributed by atoms with Crippen molar-refractivity contribution in [1.29, 1.82) is 0 Å². The second-order valence-electron chi connectivity index (χ2n) is 6.02. The van der Waals surface area contributed by atoms with E-state index in [0.717, 1.165) is 16.8 Å². The molecule has 23 heavy (non-hydrogen) atoms. The third kappa shape index (κ3) is 2.20. The van der Waals surface area contributed by atoms with Crippen molar-refractivity contribution >= 4 is 17.8 Å². The van der Waals surface area contributed by atoms with Gasteiger partial charge in [0.15, 0.2) is 0 Å². The Balaban J connectivity index is 1.89. The molecule has 5 heteroatoms. The number of hydrazone groups is 1. The zero-order chi connectivity index (χ0) is 16.0. The van der Waals surface area contributed by atoms with Gasteiger partial charge in [0.2, 0.25) is 0 Å². The van der Waals surface area contributed by atoms with E-state index in [-0.39, 0.29) is 29.6 Å². The topological polar surface area (TPSA) is 53.5 Å². The zero-order valence-electron chi connectivity index (χ0n) is 12.6. The van der Waals surface area contributed by atoms with Gasteiger partial charge in [-0.05, 0) is 42.3 Å². The van der Waals surface area contributed by atoms with Crippen LogP contribution in [0.4, 0.5) is 10.1 Å². The van der Waals surface area contributed by atoms with E-state index in [1.807, 2.05) is 18.2 Å². The molecule has 1 amide bonds. The van der Waals surface area contributed by atoms with Crippen LogP contribution >= 0.6 is 0 Å². The van der Waals surface area contributed by atoms with E-state index in [1.165, 1.54) is 12.1 Å².